The van der Waals surface area contributed by atoms with E-state index in [2.05, 4.69) is 34.9 Å². The quantitative estimate of drug-likeness (QED) is 0.424. The van der Waals surface area contributed by atoms with Gasteiger partial charge in [-0.25, -0.2) is 9.59 Å². The van der Waals surface area contributed by atoms with Crippen molar-refractivity contribution in [2.75, 3.05) is 26.9 Å². The van der Waals surface area contributed by atoms with Gasteiger partial charge in [-0.15, -0.1) is 0 Å². The number of aliphatic carboxylic acids is 1. The van der Waals surface area contributed by atoms with E-state index in [9.17, 15) is 19.5 Å². The molecule has 188 valence electrons. The summed E-state index contributed by atoms with van der Waals surface area (Å²) in [6.07, 6.45) is 0.248. The first-order valence-corrected chi connectivity index (χ1v) is 11.9. The van der Waals surface area contributed by atoms with Crippen molar-refractivity contribution in [2.45, 2.75) is 38.6 Å². The highest BCUT2D eigenvalue weighted by Gasteiger charge is 2.29. The molecule has 0 radical (unpaired) electrons. The van der Waals surface area contributed by atoms with Gasteiger partial charge in [0.15, 0.2) is 6.04 Å². The van der Waals surface area contributed by atoms with Crippen molar-refractivity contribution in [3.63, 3.8) is 0 Å². The second-order valence-electron chi connectivity index (χ2n) is 9.32. The van der Waals surface area contributed by atoms with Crippen LogP contribution in [0.4, 0.5) is 4.79 Å². The van der Waals surface area contributed by atoms with E-state index in [1.165, 1.54) is 7.11 Å². The fourth-order valence-corrected chi connectivity index (χ4v) is 4.64. The Bertz CT molecular complexity index is 992. The molecule has 3 rings (SSSR count). The summed E-state index contributed by atoms with van der Waals surface area (Å²) in [5, 5.41) is 14.5. The van der Waals surface area contributed by atoms with Crippen molar-refractivity contribution >= 4 is 18.0 Å². The minimum Gasteiger partial charge on any atom is -0.480 e. The summed E-state index contributed by atoms with van der Waals surface area (Å²) in [6.45, 7) is 4.41. The van der Waals surface area contributed by atoms with Crippen LogP contribution >= 0.6 is 0 Å². The lowest BCUT2D eigenvalue weighted by Crippen LogP contribution is -2.45. The van der Waals surface area contributed by atoms with Crippen LogP contribution < -0.4 is 10.6 Å². The van der Waals surface area contributed by atoms with Crippen molar-refractivity contribution in [2.24, 2.45) is 11.8 Å². The van der Waals surface area contributed by atoms with E-state index in [1.807, 2.05) is 38.1 Å². The van der Waals surface area contributed by atoms with Crippen molar-refractivity contribution < 1.29 is 29.0 Å². The molecular weight excluding hydrogens is 448 g/mol. The number of ether oxygens (including phenoxy) is 2. The van der Waals surface area contributed by atoms with Crippen LogP contribution in [0.25, 0.3) is 11.1 Å². The van der Waals surface area contributed by atoms with Crippen molar-refractivity contribution in [3.8, 4) is 11.1 Å². The molecular formula is C27H34N2O6. The van der Waals surface area contributed by atoms with Gasteiger partial charge in [-0.05, 0) is 40.5 Å². The molecule has 1 aliphatic rings. The summed E-state index contributed by atoms with van der Waals surface area (Å²) in [5.41, 5.74) is 4.60. The van der Waals surface area contributed by atoms with Crippen molar-refractivity contribution in [1.29, 1.82) is 0 Å². The molecule has 2 aromatic rings. The standard InChI is InChI=1S/C27H34N2O6/c1-17(2)12-18(13-25(30)29-24(16-34-3)26(31)32)14-28-27(33)35-15-23-21-10-6-4-8-19(21)20-9-5-7-11-22(20)23/h4-11,17-18,23-24H,12-16H2,1-3H3,(H,28,33)(H,29,30)(H,31,32). The molecule has 2 unspecified atom stereocenters. The summed E-state index contributed by atoms with van der Waals surface area (Å²) < 4.78 is 10.4. The molecule has 0 aliphatic heterocycles. The van der Waals surface area contributed by atoms with Crippen LogP contribution in [-0.4, -0.2) is 56.0 Å². The van der Waals surface area contributed by atoms with Crippen LogP contribution in [-0.2, 0) is 19.1 Å². The number of amides is 2. The highest BCUT2D eigenvalue weighted by atomic mass is 16.5. The smallest absolute Gasteiger partial charge is 0.407 e. The van der Waals surface area contributed by atoms with E-state index in [4.69, 9.17) is 9.47 Å². The Hall–Kier alpha value is -3.39. The summed E-state index contributed by atoms with van der Waals surface area (Å²) in [4.78, 5) is 36.2. The molecule has 0 saturated carbocycles. The largest absolute Gasteiger partial charge is 0.480 e. The second kappa shape index (κ2) is 12.4. The Morgan fingerprint density at radius 1 is 1.00 bits per heavy atom. The number of carboxylic acid groups (broad SMARTS) is 1. The van der Waals surface area contributed by atoms with Gasteiger partial charge >= 0.3 is 12.1 Å². The molecule has 35 heavy (non-hydrogen) atoms. The molecule has 8 nitrogen and oxygen atoms in total. The highest BCUT2D eigenvalue weighted by Crippen LogP contribution is 2.44. The fraction of sp³-hybridized carbons (Fsp3) is 0.444. The van der Waals surface area contributed by atoms with Crippen molar-refractivity contribution in [3.05, 3.63) is 59.7 Å². The van der Waals surface area contributed by atoms with E-state index in [0.717, 1.165) is 22.3 Å². The van der Waals surface area contributed by atoms with Gasteiger partial charge in [-0.3, -0.25) is 4.79 Å². The van der Waals surface area contributed by atoms with Gasteiger partial charge in [0.25, 0.3) is 0 Å². The topological polar surface area (TPSA) is 114 Å². The molecule has 1 aliphatic carbocycles. The minimum atomic E-state index is -1.16. The second-order valence-corrected chi connectivity index (χ2v) is 9.32. The lowest BCUT2D eigenvalue weighted by atomic mass is 9.93. The molecule has 2 amide bonds. The predicted octanol–water partition coefficient (Wildman–Crippen LogP) is 3.79. The Labute approximate surface area is 206 Å². The molecule has 3 N–H and O–H groups in total. The number of benzene rings is 2. The first-order valence-electron chi connectivity index (χ1n) is 11.9. The number of rotatable bonds is 12. The number of carbonyl (C=O) groups excluding carboxylic acids is 2. The first kappa shape index (κ1) is 26.2. The maximum absolute atomic E-state index is 12.5. The van der Waals surface area contributed by atoms with Gasteiger partial charge in [0.05, 0.1) is 6.61 Å². The van der Waals surface area contributed by atoms with Gasteiger partial charge < -0.3 is 25.2 Å². The van der Waals surface area contributed by atoms with Crippen LogP contribution in [0.5, 0.6) is 0 Å². The number of carbonyl (C=O) groups is 3. The first-order chi connectivity index (χ1) is 16.8. The maximum atomic E-state index is 12.5. The van der Waals surface area contributed by atoms with E-state index < -0.39 is 24.0 Å². The lowest BCUT2D eigenvalue weighted by molar-refractivity contribution is -0.143. The number of hydrogen-bond donors (Lipinski definition) is 3. The zero-order valence-electron chi connectivity index (χ0n) is 20.5. The van der Waals surface area contributed by atoms with Crippen LogP contribution in [0, 0.1) is 11.8 Å². The van der Waals surface area contributed by atoms with Crippen LogP contribution in [0.15, 0.2) is 48.5 Å². The monoisotopic (exact) mass is 482 g/mol. The van der Waals surface area contributed by atoms with Crippen molar-refractivity contribution in [1.82, 2.24) is 10.6 Å². The summed E-state index contributed by atoms with van der Waals surface area (Å²) in [5.74, 6) is -1.44. The van der Waals surface area contributed by atoms with Gasteiger partial charge in [-0.2, -0.15) is 0 Å². The van der Waals surface area contributed by atoms with E-state index >= 15 is 0 Å². The van der Waals surface area contributed by atoms with Gasteiger partial charge in [0.2, 0.25) is 5.91 Å². The third-order valence-corrected chi connectivity index (χ3v) is 6.12. The van der Waals surface area contributed by atoms with Crippen LogP contribution in [0.1, 0.15) is 43.7 Å². The zero-order valence-corrected chi connectivity index (χ0v) is 20.5. The van der Waals surface area contributed by atoms with E-state index in [-0.39, 0.29) is 38.0 Å². The zero-order chi connectivity index (χ0) is 25.4. The fourth-order valence-electron chi connectivity index (χ4n) is 4.64. The number of nitrogens with one attached hydrogen (secondary N) is 2. The summed E-state index contributed by atoms with van der Waals surface area (Å²) in [7, 11) is 1.38. The molecule has 0 spiro atoms. The number of hydrogen-bond acceptors (Lipinski definition) is 5. The minimum absolute atomic E-state index is 0.0286. The number of fused-ring (bicyclic) bond motifs is 3. The lowest BCUT2D eigenvalue weighted by Gasteiger charge is -2.21. The number of methoxy groups -OCH3 is 1. The highest BCUT2D eigenvalue weighted by molar-refractivity contribution is 5.84. The average molecular weight is 483 g/mol. The Morgan fingerprint density at radius 2 is 1.60 bits per heavy atom. The molecule has 8 heteroatoms. The molecule has 0 saturated heterocycles. The predicted molar refractivity (Wildman–Crippen MR) is 132 cm³/mol. The Morgan fingerprint density at radius 3 is 2.14 bits per heavy atom. The average Bonchev–Trinajstić information content (AvgIpc) is 3.14. The van der Waals surface area contributed by atoms with Gasteiger partial charge in [0.1, 0.15) is 6.61 Å². The van der Waals surface area contributed by atoms with Gasteiger partial charge in [-0.1, -0.05) is 62.4 Å². The van der Waals surface area contributed by atoms with Crippen LogP contribution in [0.2, 0.25) is 0 Å². The maximum Gasteiger partial charge on any atom is 0.407 e. The molecule has 0 heterocycles. The molecule has 0 fully saturated rings. The normalized spacial score (nSPS) is 14.1. The summed E-state index contributed by atoms with van der Waals surface area (Å²) in [6, 6.07) is 15.2. The number of alkyl carbamates (subject to hydrolysis) is 1. The van der Waals surface area contributed by atoms with E-state index in [0.29, 0.717) is 12.3 Å². The van der Waals surface area contributed by atoms with E-state index in [1.54, 1.807) is 0 Å². The van der Waals surface area contributed by atoms with Gasteiger partial charge in [0, 0.05) is 26.0 Å². The number of carboxylic acids is 1. The molecule has 2 atom stereocenters. The molecule has 2 aromatic carbocycles. The Kier molecular flexibility index (Phi) is 9.25. The third kappa shape index (κ3) is 7.05. The SMILES string of the molecule is COCC(NC(=O)CC(CNC(=O)OCC1c2ccccc2-c2ccccc21)CC(C)C)C(=O)O. The van der Waals surface area contributed by atoms with Crippen LogP contribution in [0.3, 0.4) is 0 Å². The Balaban J connectivity index is 1.55. The summed E-state index contributed by atoms with van der Waals surface area (Å²) >= 11 is 0. The molecule has 0 bridgehead atoms. The molecule has 0 aromatic heterocycles. The third-order valence-electron chi connectivity index (χ3n) is 6.12.